The summed E-state index contributed by atoms with van der Waals surface area (Å²) in [4.78, 5) is 14.2. The van der Waals surface area contributed by atoms with Crippen molar-refractivity contribution in [3.8, 4) is 6.07 Å². The molecule has 0 radical (unpaired) electrons. The van der Waals surface area contributed by atoms with Gasteiger partial charge in [-0.15, -0.1) is 0 Å². The molecule has 7 heteroatoms. The minimum Gasteiger partial charge on any atom is -0.374 e. The third-order valence-electron chi connectivity index (χ3n) is 2.63. The summed E-state index contributed by atoms with van der Waals surface area (Å²) in [6.45, 7) is 0.412. The van der Waals surface area contributed by atoms with Gasteiger partial charge in [0.1, 0.15) is 11.9 Å². The Morgan fingerprint density at radius 3 is 2.65 bits per heavy atom. The van der Waals surface area contributed by atoms with Gasteiger partial charge < -0.3 is 5.32 Å². The molecule has 0 unspecified atom stereocenters. The summed E-state index contributed by atoms with van der Waals surface area (Å²) in [7, 11) is 0. The van der Waals surface area contributed by atoms with Gasteiger partial charge in [0.05, 0.1) is 21.0 Å². The second kappa shape index (κ2) is 6.12. The van der Waals surface area contributed by atoms with Crippen molar-refractivity contribution in [2.24, 2.45) is 0 Å². The minimum atomic E-state index is -0.487. The first-order chi connectivity index (χ1) is 9.61. The van der Waals surface area contributed by atoms with E-state index in [1.54, 1.807) is 24.3 Å². The zero-order valence-electron chi connectivity index (χ0n) is 10.2. The first-order valence-corrected chi connectivity index (χ1v) is 6.42. The van der Waals surface area contributed by atoms with Gasteiger partial charge in [-0.2, -0.15) is 5.26 Å². The van der Waals surface area contributed by atoms with E-state index in [0.717, 1.165) is 5.56 Å². The van der Waals surface area contributed by atoms with Gasteiger partial charge in [-0.05, 0) is 33.6 Å². The van der Waals surface area contributed by atoms with E-state index in [4.69, 9.17) is 5.26 Å². The Kier molecular flexibility index (Phi) is 4.27. The summed E-state index contributed by atoms with van der Waals surface area (Å²) < 4.78 is 0.528. The quantitative estimate of drug-likeness (QED) is 0.685. The molecule has 0 atom stereocenters. The van der Waals surface area contributed by atoms with E-state index in [2.05, 4.69) is 26.2 Å². The maximum absolute atomic E-state index is 10.9. The van der Waals surface area contributed by atoms with Crippen LogP contribution in [0.1, 0.15) is 11.1 Å². The molecule has 0 amide bonds. The summed E-state index contributed by atoms with van der Waals surface area (Å²) >= 11 is 3.24. The van der Waals surface area contributed by atoms with Gasteiger partial charge in [0.2, 0.25) is 0 Å². The van der Waals surface area contributed by atoms with Crippen molar-refractivity contribution in [1.29, 1.82) is 5.26 Å². The third kappa shape index (κ3) is 3.10. The molecule has 2 rings (SSSR count). The van der Waals surface area contributed by atoms with Crippen LogP contribution in [0, 0.1) is 21.4 Å². The average molecular weight is 333 g/mol. The fourth-order valence-electron chi connectivity index (χ4n) is 1.63. The summed E-state index contributed by atoms with van der Waals surface area (Å²) in [6.07, 6.45) is 2.69. The maximum Gasteiger partial charge on any atom is 0.311 e. The van der Waals surface area contributed by atoms with Crippen molar-refractivity contribution in [3.05, 3.63) is 62.4 Å². The molecule has 20 heavy (non-hydrogen) atoms. The van der Waals surface area contributed by atoms with Crippen molar-refractivity contribution in [2.75, 3.05) is 5.32 Å². The lowest BCUT2D eigenvalue weighted by atomic mass is 10.1. The van der Waals surface area contributed by atoms with Crippen LogP contribution in [0.4, 0.5) is 11.4 Å². The highest BCUT2D eigenvalue weighted by molar-refractivity contribution is 9.10. The van der Waals surface area contributed by atoms with Crippen LogP contribution in [0.2, 0.25) is 0 Å². The molecule has 0 aliphatic heterocycles. The molecule has 0 aliphatic carbocycles. The number of aromatic nitrogens is 1. The molecule has 0 bridgehead atoms. The molecule has 0 saturated carbocycles. The lowest BCUT2D eigenvalue weighted by Crippen LogP contribution is -2.04. The van der Waals surface area contributed by atoms with Crippen LogP contribution in [-0.2, 0) is 6.54 Å². The molecule has 6 nitrogen and oxygen atoms in total. The number of nitrogens with zero attached hydrogens (tertiary/aromatic N) is 3. The SMILES string of the molecule is N#Cc1ccc(CNc2c(Br)cncc2[N+](=O)[O-])cc1. The van der Waals surface area contributed by atoms with Gasteiger partial charge in [-0.25, -0.2) is 0 Å². The number of hydrogen-bond acceptors (Lipinski definition) is 5. The monoisotopic (exact) mass is 332 g/mol. The lowest BCUT2D eigenvalue weighted by molar-refractivity contribution is -0.384. The minimum absolute atomic E-state index is 0.0898. The fourth-order valence-corrected chi connectivity index (χ4v) is 2.09. The number of benzene rings is 1. The number of rotatable bonds is 4. The van der Waals surface area contributed by atoms with Crippen molar-refractivity contribution in [3.63, 3.8) is 0 Å². The van der Waals surface area contributed by atoms with E-state index in [9.17, 15) is 10.1 Å². The van der Waals surface area contributed by atoms with Crippen molar-refractivity contribution < 1.29 is 4.92 Å². The summed E-state index contributed by atoms with van der Waals surface area (Å²) in [5.74, 6) is 0. The van der Waals surface area contributed by atoms with E-state index in [0.29, 0.717) is 22.3 Å². The van der Waals surface area contributed by atoms with Crippen LogP contribution in [0.5, 0.6) is 0 Å². The fraction of sp³-hybridized carbons (Fsp3) is 0.0769. The Balaban J connectivity index is 2.18. The molecule has 0 spiro atoms. The molecule has 0 saturated heterocycles. The van der Waals surface area contributed by atoms with E-state index >= 15 is 0 Å². The average Bonchev–Trinajstić information content (AvgIpc) is 2.46. The molecule has 1 heterocycles. The van der Waals surface area contributed by atoms with Gasteiger partial charge in [0, 0.05) is 12.7 Å². The van der Waals surface area contributed by atoms with Gasteiger partial charge in [0.25, 0.3) is 0 Å². The highest BCUT2D eigenvalue weighted by Gasteiger charge is 2.16. The van der Waals surface area contributed by atoms with Crippen LogP contribution >= 0.6 is 15.9 Å². The molecule has 1 aromatic carbocycles. The Labute approximate surface area is 123 Å². The van der Waals surface area contributed by atoms with Crippen molar-refractivity contribution in [1.82, 2.24) is 4.98 Å². The van der Waals surface area contributed by atoms with E-state index in [1.165, 1.54) is 12.4 Å². The second-order valence-electron chi connectivity index (χ2n) is 3.93. The maximum atomic E-state index is 10.9. The third-order valence-corrected chi connectivity index (χ3v) is 3.23. The molecule has 1 aromatic heterocycles. The normalized spacial score (nSPS) is 9.80. The molecular formula is C13H9BrN4O2. The van der Waals surface area contributed by atoms with Gasteiger partial charge in [0.15, 0.2) is 0 Å². The summed E-state index contributed by atoms with van der Waals surface area (Å²) in [6, 6.07) is 9.03. The van der Waals surface area contributed by atoms with E-state index in [-0.39, 0.29) is 5.69 Å². The van der Waals surface area contributed by atoms with E-state index in [1.807, 2.05) is 6.07 Å². The Morgan fingerprint density at radius 1 is 1.35 bits per heavy atom. The number of nitrogens with one attached hydrogen (secondary N) is 1. The number of nitro groups is 1. The van der Waals surface area contributed by atoms with E-state index < -0.39 is 4.92 Å². The molecule has 0 fully saturated rings. The number of nitriles is 1. The Morgan fingerprint density at radius 2 is 2.05 bits per heavy atom. The smallest absolute Gasteiger partial charge is 0.311 e. The van der Waals surface area contributed by atoms with Gasteiger partial charge in [-0.3, -0.25) is 15.1 Å². The first kappa shape index (κ1) is 14.0. The first-order valence-electron chi connectivity index (χ1n) is 5.62. The molecule has 0 aliphatic rings. The van der Waals surface area contributed by atoms with Crippen LogP contribution in [0.25, 0.3) is 0 Å². The zero-order chi connectivity index (χ0) is 14.5. The molecule has 2 aromatic rings. The predicted molar refractivity (Wildman–Crippen MR) is 77.1 cm³/mol. The predicted octanol–water partition coefficient (Wildman–Crippen LogP) is 3.24. The highest BCUT2D eigenvalue weighted by Crippen LogP contribution is 2.31. The summed E-state index contributed by atoms with van der Waals surface area (Å²) in [5, 5.41) is 22.7. The van der Waals surface area contributed by atoms with Crippen LogP contribution in [-0.4, -0.2) is 9.91 Å². The molecular weight excluding hydrogens is 324 g/mol. The number of anilines is 1. The number of pyridine rings is 1. The van der Waals surface area contributed by atoms with Crippen LogP contribution in [0.15, 0.2) is 41.1 Å². The summed E-state index contributed by atoms with van der Waals surface area (Å²) in [5.41, 5.74) is 1.79. The zero-order valence-corrected chi connectivity index (χ0v) is 11.8. The highest BCUT2D eigenvalue weighted by atomic mass is 79.9. The standard InChI is InChI=1S/C13H9BrN4O2/c14-11-7-16-8-12(18(19)20)13(11)17-6-10-3-1-9(5-15)2-4-10/h1-4,7-8H,6H2,(H,16,17). The molecule has 1 N–H and O–H groups in total. The largest absolute Gasteiger partial charge is 0.374 e. The Bertz CT molecular complexity index is 680. The number of halogens is 1. The van der Waals surface area contributed by atoms with Crippen molar-refractivity contribution in [2.45, 2.75) is 6.54 Å². The van der Waals surface area contributed by atoms with Crippen LogP contribution < -0.4 is 5.32 Å². The lowest BCUT2D eigenvalue weighted by Gasteiger charge is -2.08. The molecule has 100 valence electrons. The van der Waals surface area contributed by atoms with Gasteiger partial charge >= 0.3 is 5.69 Å². The topological polar surface area (TPSA) is 91.8 Å². The van der Waals surface area contributed by atoms with Crippen molar-refractivity contribution >= 4 is 27.3 Å². The Hall–Kier alpha value is -2.46. The second-order valence-corrected chi connectivity index (χ2v) is 4.79. The van der Waals surface area contributed by atoms with Crippen LogP contribution in [0.3, 0.4) is 0 Å². The number of hydrogen-bond donors (Lipinski definition) is 1. The van der Waals surface area contributed by atoms with Gasteiger partial charge in [-0.1, -0.05) is 12.1 Å².